The standard InChI is InChI=1S/C26H28F2N9O5.HI/c1-3-41-25(39)42-17-33-15-30-34(16-33)13-26(40,22-9-4-19(27)12-23(22)28)18(2)35-10-11-36(24(35)38)20-5-7-21(8-6-20)37-14-29-31-32-37;/h4-9,12,14-16,18,40H,3,10-11,13,17H2,1-2H3;1H/q+1;/p-1/t18-,26-;/m1./s1. The number of urea groups is 1. The van der Waals surface area contributed by atoms with E-state index in [0.29, 0.717) is 24.0 Å². The molecule has 228 valence electrons. The van der Waals surface area contributed by atoms with Gasteiger partial charge in [0.05, 0.1) is 18.3 Å². The maximum absolute atomic E-state index is 15.1. The molecule has 3 heterocycles. The zero-order valence-electron chi connectivity index (χ0n) is 23.1. The molecule has 0 spiro atoms. The van der Waals surface area contributed by atoms with Crippen molar-refractivity contribution >= 4 is 17.9 Å². The van der Waals surface area contributed by atoms with Crippen molar-refractivity contribution in [3.63, 3.8) is 0 Å². The van der Waals surface area contributed by atoms with Gasteiger partial charge in [0, 0.05) is 30.4 Å². The van der Waals surface area contributed by atoms with Crippen LogP contribution in [0.25, 0.3) is 5.69 Å². The minimum Gasteiger partial charge on any atom is -1.00 e. The number of nitrogens with zero attached hydrogens (tertiary/aromatic N) is 9. The Labute approximate surface area is 261 Å². The molecule has 43 heavy (non-hydrogen) atoms. The van der Waals surface area contributed by atoms with Gasteiger partial charge in [-0.25, -0.2) is 23.1 Å². The first-order valence-electron chi connectivity index (χ1n) is 13.0. The van der Waals surface area contributed by atoms with Crippen LogP contribution in [0.1, 0.15) is 19.4 Å². The number of aliphatic hydroxyl groups is 1. The van der Waals surface area contributed by atoms with Crippen molar-refractivity contribution in [1.29, 1.82) is 0 Å². The molecule has 1 aliphatic rings. The molecule has 0 radical (unpaired) electrons. The summed E-state index contributed by atoms with van der Waals surface area (Å²) in [7, 11) is 0. The molecule has 14 nitrogen and oxygen atoms in total. The van der Waals surface area contributed by atoms with E-state index in [9.17, 15) is 19.1 Å². The zero-order valence-corrected chi connectivity index (χ0v) is 25.3. The fourth-order valence-electron chi connectivity index (χ4n) is 4.80. The number of halogens is 3. The summed E-state index contributed by atoms with van der Waals surface area (Å²) in [6, 6.07) is 8.48. The minimum atomic E-state index is -2.04. The summed E-state index contributed by atoms with van der Waals surface area (Å²) in [4.78, 5) is 28.1. The van der Waals surface area contributed by atoms with E-state index < -0.39 is 35.5 Å². The van der Waals surface area contributed by atoms with E-state index in [-0.39, 0.29) is 56.0 Å². The Morgan fingerprint density at radius 2 is 1.86 bits per heavy atom. The predicted molar refractivity (Wildman–Crippen MR) is 139 cm³/mol. The summed E-state index contributed by atoms with van der Waals surface area (Å²) >= 11 is 0. The van der Waals surface area contributed by atoms with E-state index in [1.54, 1.807) is 38.1 Å². The van der Waals surface area contributed by atoms with Gasteiger partial charge in [-0.3, -0.25) is 4.90 Å². The number of aromatic nitrogens is 7. The molecule has 0 unspecified atom stereocenters. The summed E-state index contributed by atoms with van der Waals surface area (Å²) in [5, 5.41) is 27.3. The van der Waals surface area contributed by atoms with Crippen molar-refractivity contribution in [2.45, 2.75) is 38.8 Å². The number of carbonyl (C=O) groups is 2. The van der Waals surface area contributed by atoms with E-state index in [4.69, 9.17) is 9.47 Å². The van der Waals surface area contributed by atoms with Crippen LogP contribution in [0.5, 0.6) is 0 Å². The van der Waals surface area contributed by atoms with Crippen molar-refractivity contribution in [3.8, 4) is 5.69 Å². The molecular weight excluding hydrogens is 683 g/mol. The fourth-order valence-corrected chi connectivity index (χ4v) is 4.80. The van der Waals surface area contributed by atoms with Crippen molar-refractivity contribution in [2.24, 2.45) is 0 Å². The summed E-state index contributed by atoms with van der Waals surface area (Å²) < 4.78 is 42.8. The highest BCUT2D eigenvalue weighted by Gasteiger charge is 2.48. The molecule has 2 atom stereocenters. The van der Waals surface area contributed by atoms with Crippen LogP contribution >= 0.6 is 0 Å². The number of carbonyl (C=O) groups excluding carboxylic acids is 2. The second-order valence-corrected chi connectivity index (χ2v) is 9.54. The van der Waals surface area contributed by atoms with Gasteiger partial charge in [0.1, 0.15) is 24.5 Å². The van der Waals surface area contributed by atoms with Gasteiger partial charge in [0.15, 0.2) is 5.60 Å². The van der Waals surface area contributed by atoms with Crippen molar-refractivity contribution in [2.75, 3.05) is 24.6 Å². The van der Waals surface area contributed by atoms with E-state index >= 15 is 4.39 Å². The lowest BCUT2D eigenvalue weighted by Gasteiger charge is -2.38. The van der Waals surface area contributed by atoms with Gasteiger partial charge in [-0.1, -0.05) is 6.07 Å². The maximum Gasteiger partial charge on any atom is 0.511 e. The molecule has 0 bridgehead atoms. The molecule has 0 saturated carbocycles. The highest BCUT2D eigenvalue weighted by molar-refractivity contribution is 5.94. The monoisotopic (exact) mass is 711 g/mol. The van der Waals surface area contributed by atoms with Crippen LogP contribution in [0.15, 0.2) is 61.4 Å². The molecule has 1 aliphatic heterocycles. The van der Waals surface area contributed by atoms with Crippen molar-refractivity contribution < 1.29 is 61.6 Å². The first-order chi connectivity index (χ1) is 20.2. The van der Waals surface area contributed by atoms with E-state index in [1.165, 1.54) is 42.7 Å². The average molecular weight is 711 g/mol. The fraction of sp³-hybridized carbons (Fsp3) is 0.346. The van der Waals surface area contributed by atoms with Crippen molar-refractivity contribution in [1.82, 2.24) is 34.8 Å². The molecule has 2 aromatic carbocycles. The molecule has 5 rings (SSSR count). The summed E-state index contributed by atoms with van der Waals surface area (Å²) in [5.41, 5.74) is -0.943. The number of benzene rings is 2. The number of hydrogen-bond acceptors (Lipinski definition) is 9. The Morgan fingerprint density at radius 3 is 2.53 bits per heavy atom. The Balaban J connectivity index is 0.00000423. The van der Waals surface area contributed by atoms with E-state index in [0.717, 1.165) is 12.1 Å². The first-order valence-corrected chi connectivity index (χ1v) is 13.0. The van der Waals surface area contributed by atoms with Gasteiger partial charge in [0.25, 0.3) is 6.33 Å². The molecular formula is C26H28F2IN9O5. The third-order valence-corrected chi connectivity index (χ3v) is 7.00. The van der Waals surface area contributed by atoms with Gasteiger partial charge < -0.3 is 43.5 Å². The molecule has 1 fully saturated rings. The average Bonchev–Trinajstić information content (AvgIpc) is 3.74. The molecule has 17 heteroatoms. The van der Waals surface area contributed by atoms with Gasteiger partial charge >= 0.3 is 12.2 Å². The number of rotatable bonds is 10. The lowest BCUT2D eigenvalue weighted by Crippen LogP contribution is -3.00. The normalized spacial score (nSPS) is 15.1. The van der Waals surface area contributed by atoms with Crippen LogP contribution < -0.4 is 33.6 Å². The summed E-state index contributed by atoms with van der Waals surface area (Å²) in [5.74, 6) is -1.79. The summed E-state index contributed by atoms with van der Waals surface area (Å²) in [6.07, 6.45) is 3.36. The van der Waals surface area contributed by atoms with E-state index in [2.05, 4.69) is 20.6 Å². The smallest absolute Gasteiger partial charge is 0.511 e. The number of amides is 2. The number of tetrazole rings is 1. The summed E-state index contributed by atoms with van der Waals surface area (Å²) in [6.45, 7) is 3.38. The van der Waals surface area contributed by atoms with Crippen LogP contribution in [0.2, 0.25) is 0 Å². The minimum absolute atomic E-state index is 0. The largest absolute Gasteiger partial charge is 1.00 e. The number of anilines is 1. The highest BCUT2D eigenvalue weighted by Crippen LogP contribution is 2.34. The van der Waals surface area contributed by atoms with Crippen molar-refractivity contribution in [3.05, 3.63) is 78.6 Å². The van der Waals surface area contributed by atoms with Gasteiger partial charge in [-0.2, -0.15) is 4.57 Å². The van der Waals surface area contributed by atoms with Crippen LogP contribution in [0, 0.1) is 11.6 Å². The quantitative estimate of drug-likeness (QED) is 0.122. The number of ether oxygens (including phenoxy) is 2. The second kappa shape index (κ2) is 13.4. The van der Waals surface area contributed by atoms with Crippen LogP contribution in [0.3, 0.4) is 0 Å². The van der Waals surface area contributed by atoms with Gasteiger partial charge in [-0.05, 0) is 59.7 Å². The first kappa shape index (κ1) is 31.7. The van der Waals surface area contributed by atoms with Gasteiger partial charge in [-0.15, -0.1) is 9.78 Å². The molecule has 2 aromatic heterocycles. The Morgan fingerprint density at radius 1 is 1.12 bits per heavy atom. The van der Waals surface area contributed by atoms with Crippen LogP contribution in [-0.2, 0) is 28.4 Å². The lowest BCUT2D eigenvalue weighted by atomic mass is 9.85. The van der Waals surface area contributed by atoms with Crippen LogP contribution in [0.4, 0.5) is 24.1 Å². The van der Waals surface area contributed by atoms with Crippen LogP contribution in [-0.4, -0.2) is 77.8 Å². The molecule has 4 aromatic rings. The molecule has 1 saturated heterocycles. The lowest BCUT2D eigenvalue weighted by molar-refractivity contribution is -0.765. The van der Waals surface area contributed by atoms with E-state index in [1.807, 2.05) is 0 Å². The molecule has 2 amide bonds. The Bertz CT molecular complexity index is 1560. The predicted octanol–water partition coefficient (Wildman–Crippen LogP) is -1.22. The highest BCUT2D eigenvalue weighted by atomic mass is 127. The molecule has 0 aliphatic carbocycles. The maximum atomic E-state index is 15.1. The third kappa shape index (κ3) is 6.71. The Hall–Kier alpha value is -4.26. The SMILES string of the molecule is CCOC(=O)OCn1cn[n+](C[C@](O)(c2ccc(F)cc2F)[C@@H](C)N2CCN(c3ccc(-n4cnnn4)cc3)C2=O)c1.[I-]. The topological polar surface area (TPSA) is 145 Å². The number of hydrogen-bond donors (Lipinski definition) is 1. The second-order valence-electron chi connectivity index (χ2n) is 9.54. The molecule has 1 N–H and O–H groups in total. The Kier molecular flexibility index (Phi) is 9.84. The van der Waals surface area contributed by atoms with Gasteiger partial charge in [0.2, 0.25) is 13.1 Å². The third-order valence-electron chi connectivity index (χ3n) is 7.00. The zero-order chi connectivity index (χ0) is 29.9.